The highest BCUT2D eigenvalue weighted by atomic mass is 19.1. The molecule has 4 nitrogen and oxygen atoms in total. The van der Waals surface area contributed by atoms with E-state index >= 15 is 0 Å². The van der Waals surface area contributed by atoms with Gasteiger partial charge in [-0.15, -0.1) is 0 Å². The van der Waals surface area contributed by atoms with Crippen molar-refractivity contribution in [1.29, 1.82) is 0 Å². The summed E-state index contributed by atoms with van der Waals surface area (Å²) in [4.78, 5) is 16.2. The van der Waals surface area contributed by atoms with Gasteiger partial charge in [-0.3, -0.25) is 4.79 Å². The highest BCUT2D eigenvalue weighted by Crippen LogP contribution is 2.16. The number of nitrogens with zero attached hydrogens (tertiary/aromatic N) is 2. The number of carbonyl (C=O) groups is 1. The Morgan fingerprint density at radius 1 is 1.14 bits per heavy atom. The summed E-state index contributed by atoms with van der Waals surface area (Å²) in [5.74, 6) is -0.0792. The van der Waals surface area contributed by atoms with Crippen LogP contribution >= 0.6 is 0 Å². The topological polar surface area (TPSA) is 35.6 Å². The minimum atomic E-state index is -0.221. The summed E-state index contributed by atoms with van der Waals surface area (Å²) in [5.41, 5.74) is 0.960. The van der Waals surface area contributed by atoms with Gasteiger partial charge in [0.05, 0.1) is 6.54 Å². The minimum absolute atomic E-state index is 0.0500. The molecule has 5 heteroatoms. The molecule has 116 valence electrons. The van der Waals surface area contributed by atoms with Crippen molar-refractivity contribution in [3.05, 3.63) is 30.1 Å². The second-order valence-corrected chi connectivity index (χ2v) is 6.45. The minimum Gasteiger partial charge on any atom is -0.368 e. The van der Waals surface area contributed by atoms with Crippen molar-refractivity contribution in [2.45, 2.75) is 26.3 Å². The molecule has 0 atom stereocenters. The maximum absolute atomic E-state index is 12.9. The molecule has 1 aliphatic rings. The molecule has 0 aromatic heterocycles. The van der Waals surface area contributed by atoms with Gasteiger partial charge >= 0.3 is 0 Å². The normalized spacial score (nSPS) is 16.2. The first-order chi connectivity index (χ1) is 9.85. The lowest BCUT2D eigenvalue weighted by atomic mass is 10.1. The Hall–Kier alpha value is -1.62. The highest BCUT2D eigenvalue weighted by molar-refractivity contribution is 5.78. The smallest absolute Gasteiger partial charge is 0.236 e. The van der Waals surface area contributed by atoms with Crippen molar-refractivity contribution in [2.24, 2.45) is 0 Å². The van der Waals surface area contributed by atoms with E-state index in [0.717, 1.165) is 18.8 Å². The lowest BCUT2D eigenvalue weighted by molar-refractivity contribution is -0.130. The Bertz CT molecular complexity index is 473. The number of anilines is 1. The second kappa shape index (κ2) is 6.43. The first-order valence-electron chi connectivity index (χ1n) is 7.38. The zero-order valence-electron chi connectivity index (χ0n) is 13.0. The average Bonchev–Trinajstić information content (AvgIpc) is 2.45. The van der Waals surface area contributed by atoms with Gasteiger partial charge in [-0.1, -0.05) is 0 Å². The van der Waals surface area contributed by atoms with Crippen molar-refractivity contribution in [2.75, 3.05) is 37.6 Å². The molecule has 1 aromatic carbocycles. The van der Waals surface area contributed by atoms with Crippen LogP contribution in [0, 0.1) is 5.82 Å². The first kappa shape index (κ1) is 15.8. The van der Waals surface area contributed by atoms with Gasteiger partial charge in [0.2, 0.25) is 5.91 Å². The van der Waals surface area contributed by atoms with Crippen LogP contribution in [-0.4, -0.2) is 49.1 Å². The fourth-order valence-corrected chi connectivity index (χ4v) is 2.32. The highest BCUT2D eigenvalue weighted by Gasteiger charge is 2.22. The molecule has 0 bridgehead atoms. The van der Waals surface area contributed by atoms with E-state index in [9.17, 15) is 9.18 Å². The van der Waals surface area contributed by atoms with E-state index < -0.39 is 0 Å². The summed E-state index contributed by atoms with van der Waals surface area (Å²) in [6, 6.07) is 6.52. The van der Waals surface area contributed by atoms with Gasteiger partial charge in [0.1, 0.15) is 5.82 Å². The molecule has 1 fully saturated rings. The zero-order valence-corrected chi connectivity index (χ0v) is 13.0. The molecule has 1 N–H and O–H groups in total. The van der Waals surface area contributed by atoms with E-state index in [4.69, 9.17) is 0 Å². The van der Waals surface area contributed by atoms with Gasteiger partial charge < -0.3 is 15.1 Å². The second-order valence-electron chi connectivity index (χ2n) is 6.45. The lowest BCUT2D eigenvalue weighted by Crippen LogP contribution is -2.52. The Balaban J connectivity index is 1.82. The van der Waals surface area contributed by atoms with E-state index in [0.29, 0.717) is 19.6 Å². The molecule has 2 rings (SSSR count). The Kier molecular flexibility index (Phi) is 4.83. The molecule has 0 spiro atoms. The summed E-state index contributed by atoms with van der Waals surface area (Å²) in [5, 5.41) is 3.22. The van der Waals surface area contributed by atoms with Gasteiger partial charge in [-0.2, -0.15) is 0 Å². The average molecular weight is 293 g/mol. The van der Waals surface area contributed by atoms with Crippen LogP contribution in [0.25, 0.3) is 0 Å². The van der Waals surface area contributed by atoms with E-state index in [1.54, 1.807) is 12.1 Å². The molecular formula is C16H24FN3O. The summed E-state index contributed by atoms with van der Waals surface area (Å²) in [6.45, 7) is 9.51. The largest absolute Gasteiger partial charge is 0.368 e. The van der Waals surface area contributed by atoms with Crippen LogP contribution < -0.4 is 10.2 Å². The molecule has 1 heterocycles. The van der Waals surface area contributed by atoms with Gasteiger partial charge in [0.15, 0.2) is 0 Å². The molecule has 21 heavy (non-hydrogen) atoms. The summed E-state index contributed by atoms with van der Waals surface area (Å²) < 4.78 is 12.9. The molecule has 0 unspecified atom stereocenters. The number of halogens is 1. The van der Waals surface area contributed by atoms with Crippen LogP contribution in [0.2, 0.25) is 0 Å². The van der Waals surface area contributed by atoms with E-state index in [2.05, 4.69) is 10.2 Å². The Morgan fingerprint density at radius 3 is 2.24 bits per heavy atom. The molecule has 0 radical (unpaired) electrons. The number of benzene rings is 1. The third kappa shape index (κ3) is 4.70. The van der Waals surface area contributed by atoms with Crippen LogP contribution in [-0.2, 0) is 4.79 Å². The van der Waals surface area contributed by atoms with E-state index in [1.165, 1.54) is 12.1 Å². The van der Waals surface area contributed by atoms with Crippen molar-refractivity contribution in [3.8, 4) is 0 Å². The number of nitrogens with one attached hydrogen (secondary N) is 1. The molecular weight excluding hydrogens is 269 g/mol. The predicted octanol–water partition coefficient (Wildman–Crippen LogP) is 1.86. The molecule has 1 aromatic rings. The zero-order chi connectivity index (χ0) is 15.5. The molecule has 0 aliphatic carbocycles. The van der Waals surface area contributed by atoms with Gasteiger partial charge in [0.25, 0.3) is 0 Å². The quantitative estimate of drug-likeness (QED) is 0.924. The van der Waals surface area contributed by atoms with Gasteiger partial charge in [0, 0.05) is 37.4 Å². The van der Waals surface area contributed by atoms with Crippen LogP contribution in [0.4, 0.5) is 10.1 Å². The number of carbonyl (C=O) groups excluding carboxylic acids is 1. The molecule has 1 amide bonds. The van der Waals surface area contributed by atoms with Crippen LogP contribution in [0.5, 0.6) is 0 Å². The maximum atomic E-state index is 12.9. The number of amides is 1. The van der Waals surface area contributed by atoms with Crippen molar-refractivity contribution in [3.63, 3.8) is 0 Å². The summed E-state index contributed by atoms with van der Waals surface area (Å²) in [7, 11) is 0. The number of rotatable bonds is 3. The Morgan fingerprint density at radius 2 is 1.71 bits per heavy atom. The lowest BCUT2D eigenvalue weighted by Gasteiger charge is -2.36. The monoisotopic (exact) mass is 293 g/mol. The predicted molar refractivity (Wildman–Crippen MR) is 82.9 cm³/mol. The van der Waals surface area contributed by atoms with E-state index in [-0.39, 0.29) is 17.3 Å². The van der Waals surface area contributed by atoms with Crippen LogP contribution in [0.3, 0.4) is 0 Å². The van der Waals surface area contributed by atoms with Gasteiger partial charge in [-0.25, -0.2) is 4.39 Å². The van der Waals surface area contributed by atoms with Gasteiger partial charge in [-0.05, 0) is 45.0 Å². The van der Waals surface area contributed by atoms with Crippen molar-refractivity contribution < 1.29 is 9.18 Å². The SMILES string of the molecule is CC(C)(C)NCC(=O)N1CCN(c2ccc(F)cc2)CC1. The molecule has 0 saturated carbocycles. The third-order valence-corrected chi connectivity index (χ3v) is 3.59. The number of hydrogen-bond acceptors (Lipinski definition) is 3. The van der Waals surface area contributed by atoms with E-state index in [1.807, 2.05) is 25.7 Å². The third-order valence-electron chi connectivity index (χ3n) is 3.59. The number of piperazine rings is 1. The maximum Gasteiger partial charge on any atom is 0.236 e. The number of hydrogen-bond donors (Lipinski definition) is 1. The molecule has 1 aliphatic heterocycles. The standard InChI is InChI=1S/C16H24FN3O/c1-16(2,3)18-12-15(21)20-10-8-19(9-11-20)14-6-4-13(17)5-7-14/h4-7,18H,8-12H2,1-3H3. The van der Waals surface area contributed by atoms with Crippen LogP contribution in [0.15, 0.2) is 24.3 Å². The summed E-state index contributed by atoms with van der Waals surface area (Å²) in [6.07, 6.45) is 0. The summed E-state index contributed by atoms with van der Waals surface area (Å²) >= 11 is 0. The first-order valence-corrected chi connectivity index (χ1v) is 7.38. The van der Waals surface area contributed by atoms with Crippen molar-refractivity contribution >= 4 is 11.6 Å². The Labute approximate surface area is 125 Å². The van der Waals surface area contributed by atoms with Crippen LogP contribution in [0.1, 0.15) is 20.8 Å². The fourth-order valence-electron chi connectivity index (χ4n) is 2.32. The molecule has 1 saturated heterocycles. The van der Waals surface area contributed by atoms with Crippen molar-refractivity contribution in [1.82, 2.24) is 10.2 Å². The fraction of sp³-hybridized carbons (Fsp3) is 0.562.